The van der Waals surface area contributed by atoms with E-state index in [1.54, 1.807) is 18.2 Å². The van der Waals surface area contributed by atoms with E-state index in [2.05, 4.69) is 9.97 Å². The summed E-state index contributed by atoms with van der Waals surface area (Å²) in [6.45, 7) is 1.88. The summed E-state index contributed by atoms with van der Waals surface area (Å²) in [7, 11) is 0. The summed E-state index contributed by atoms with van der Waals surface area (Å²) in [5.74, 6) is 0.00923. The minimum Gasteiger partial charge on any atom is -0.228 e. The first-order chi connectivity index (χ1) is 9.58. The topological polar surface area (TPSA) is 25.8 Å². The van der Waals surface area contributed by atoms with Crippen molar-refractivity contribution >= 4 is 34.1 Å². The lowest BCUT2D eigenvalue weighted by Gasteiger charge is -2.08. The number of nitrogens with zero attached hydrogens (tertiary/aromatic N) is 2. The molecule has 100 valence electrons. The van der Waals surface area contributed by atoms with Gasteiger partial charge < -0.3 is 0 Å². The summed E-state index contributed by atoms with van der Waals surface area (Å²) in [6.07, 6.45) is 0. The molecule has 0 saturated carbocycles. The van der Waals surface area contributed by atoms with Gasteiger partial charge in [0.15, 0.2) is 5.82 Å². The summed E-state index contributed by atoms with van der Waals surface area (Å²) in [6, 6.07) is 10.1. The van der Waals surface area contributed by atoms with E-state index in [0.29, 0.717) is 16.4 Å². The zero-order chi connectivity index (χ0) is 14.3. The SMILES string of the molecule is Cc1c(Cl)cccc1-c1nc(Cl)c2c(F)cccc2n1. The van der Waals surface area contributed by atoms with Gasteiger partial charge in [0.1, 0.15) is 11.0 Å². The molecule has 0 atom stereocenters. The Balaban J connectivity index is 2.31. The minimum absolute atomic E-state index is 0.0995. The molecule has 0 aliphatic heterocycles. The van der Waals surface area contributed by atoms with Crippen molar-refractivity contribution in [3.05, 3.63) is 58.0 Å². The van der Waals surface area contributed by atoms with Gasteiger partial charge in [-0.15, -0.1) is 0 Å². The van der Waals surface area contributed by atoms with E-state index in [9.17, 15) is 4.39 Å². The van der Waals surface area contributed by atoms with E-state index in [0.717, 1.165) is 11.1 Å². The molecule has 0 fully saturated rings. The third kappa shape index (κ3) is 2.13. The van der Waals surface area contributed by atoms with Gasteiger partial charge in [-0.3, -0.25) is 0 Å². The summed E-state index contributed by atoms with van der Waals surface area (Å²) in [4.78, 5) is 8.56. The van der Waals surface area contributed by atoms with Crippen LogP contribution in [0, 0.1) is 12.7 Å². The highest BCUT2D eigenvalue weighted by Crippen LogP contribution is 2.30. The fourth-order valence-electron chi connectivity index (χ4n) is 2.07. The smallest absolute Gasteiger partial charge is 0.161 e. The van der Waals surface area contributed by atoms with Gasteiger partial charge in [0, 0.05) is 10.6 Å². The molecule has 2 aromatic carbocycles. The van der Waals surface area contributed by atoms with Crippen LogP contribution >= 0.6 is 23.2 Å². The van der Waals surface area contributed by atoms with Crippen molar-refractivity contribution in [2.24, 2.45) is 0 Å². The number of aromatic nitrogens is 2. The van der Waals surface area contributed by atoms with Crippen LogP contribution < -0.4 is 0 Å². The first kappa shape index (κ1) is 13.3. The van der Waals surface area contributed by atoms with Crippen LogP contribution in [-0.2, 0) is 0 Å². The lowest BCUT2D eigenvalue weighted by atomic mass is 10.1. The first-order valence-corrected chi connectivity index (χ1v) is 6.71. The van der Waals surface area contributed by atoms with Crippen LogP contribution in [0.2, 0.25) is 10.2 Å². The van der Waals surface area contributed by atoms with E-state index in [1.807, 2.05) is 19.1 Å². The molecule has 5 heteroatoms. The van der Waals surface area contributed by atoms with Crippen molar-refractivity contribution in [3.8, 4) is 11.4 Å². The zero-order valence-electron chi connectivity index (χ0n) is 10.5. The van der Waals surface area contributed by atoms with Crippen LogP contribution in [0.4, 0.5) is 4.39 Å². The van der Waals surface area contributed by atoms with Gasteiger partial charge in [0.25, 0.3) is 0 Å². The Kier molecular flexibility index (Phi) is 3.32. The highest BCUT2D eigenvalue weighted by molar-refractivity contribution is 6.34. The van der Waals surface area contributed by atoms with E-state index in [4.69, 9.17) is 23.2 Å². The molecule has 20 heavy (non-hydrogen) atoms. The second-order valence-electron chi connectivity index (χ2n) is 4.38. The molecular formula is C15H9Cl2FN2. The van der Waals surface area contributed by atoms with E-state index < -0.39 is 5.82 Å². The molecule has 0 spiro atoms. The van der Waals surface area contributed by atoms with Crippen LogP contribution in [0.25, 0.3) is 22.3 Å². The Morgan fingerprint density at radius 2 is 1.75 bits per heavy atom. The maximum Gasteiger partial charge on any atom is 0.161 e. The van der Waals surface area contributed by atoms with Crippen molar-refractivity contribution in [3.63, 3.8) is 0 Å². The Labute approximate surface area is 125 Å². The average molecular weight is 307 g/mol. The molecule has 1 aromatic heterocycles. The molecule has 0 aliphatic rings. The predicted octanol–water partition coefficient (Wildman–Crippen LogP) is 5.05. The largest absolute Gasteiger partial charge is 0.228 e. The molecular weight excluding hydrogens is 298 g/mol. The minimum atomic E-state index is -0.429. The maximum atomic E-state index is 13.7. The predicted molar refractivity (Wildman–Crippen MR) is 79.7 cm³/mol. The Morgan fingerprint density at radius 3 is 2.55 bits per heavy atom. The second kappa shape index (κ2) is 5.00. The number of halogens is 3. The first-order valence-electron chi connectivity index (χ1n) is 5.95. The lowest BCUT2D eigenvalue weighted by molar-refractivity contribution is 0.639. The summed E-state index contributed by atoms with van der Waals surface area (Å²) in [5, 5.41) is 0.960. The molecule has 0 aliphatic carbocycles. The molecule has 3 rings (SSSR count). The van der Waals surface area contributed by atoms with Gasteiger partial charge >= 0.3 is 0 Å². The lowest BCUT2D eigenvalue weighted by Crippen LogP contribution is -1.95. The number of rotatable bonds is 1. The normalized spacial score (nSPS) is 11.0. The van der Waals surface area contributed by atoms with Crippen molar-refractivity contribution in [2.75, 3.05) is 0 Å². The molecule has 0 bridgehead atoms. The van der Waals surface area contributed by atoms with Crippen molar-refractivity contribution in [2.45, 2.75) is 6.92 Å². The van der Waals surface area contributed by atoms with E-state index >= 15 is 0 Å². The highest BCUT2D eigenvalue weighted by Gasteiger charge is 2.13. The van der Waals surface area contributed by atoms with Gasteiger partial charge in [-0.2, -0.15) is 0 Å². The standard InChI is InChI=1S/C15H9Cl2FN2/c1-8-9(4-2-5-10(8)16)15-19-12-7-3-6-11(18)13(12)14(17)20-15/h2-7H,1H3. The van der Waals surface area contributed by atoms with Crippen LogP contribution in [0.1, 0.15) is 5.56 Å². The fraction of sp³-hybridized carbons (Fsp3) is 0.0667. The Morgan fingerprint density at radius 1 is 1.00 bits per heavy atom. The third-order valence-electron chi connectivity index (χ3n) is 3.14. The van der Waals surface area contributed by atoms with Gasteiger partial charge in [0.05, 0.1) is 10.9 Å². The van der Waals surface area contributed by atoms with Crippen LogP contribution in [-0.4, -0.2) is 9.97 Å². The van der Waals surface area contributed by atoms with E-state index in [1.165, 1.54) is 6.07 Å². The van der Waals surface area contributed by atoms with Crippen molar-refractivity contribution < 1.29 is 4.39 Å². The van der Waals surface area contributed by atoms with E-state index in [-0.39, 0.29) is 10.5 Å². The van der Waals surface area contributed by atoms with Gasteiger partial charge in [-0.05, 0) is 30.7 Å². The number of hydrogen-bond acceptors (Lipinski definition) is 2. The van der Waals surface area contributed by atoms with Crippen LogP contribution in [0.3, 0.4) is 0 Å². The maximum absolute atomic E-state index is 13.7. The molecule has 0 amide bonds. The molecule has 0 N–H and O–H groups in total. The monoisotopic (exact) mass is 306 g/mol. The molecule has 0 unspecified atom stereocenters. The Bertz CT molecular complexity index is 818. The van der Waals surface area contributed by atoms with Gasteiger partial charge in [0.2, 0.25) is 0 Å². The summed E-state index contributed by atoms with van der Waals surface area (Å²) < 4.78 is 13.7. The van der Waals surface area contributed by atoms with Crippen molar-refractivity contribution in [1.29, 1.82) is 0 Å². The quantitative estimate of drug-likeness (QED) is 0.588. The number of benzene rings is 2. The zero-order valence-corrected chi connectivity index (χ0v) is 12.0. The average Bonchev–Trinajstić information content (AvgIpc) is 2.41. The molecule has 1 heterocycles. The van der Waals surface area contributed by atoms with Crippen LogP contribution in [0.15, 0.2) is 36.4 Å². The molecule has 3 aromatic rings. The molecule has 0 radical (unpaired) electrons. The van der Waals surface area contributed by atoms with Crippen molar-refractivity contribution in [1.82, 2.24) is 9.97 Å². The fourth-order valence-corrected chi connectivity index (χ4v) is 2.51. The van der Waals surface area contributed by atoms with Gasteiger partial charge in [-0.1, -0.05) is 41.4 Å². The van der Waals surface area contributed by atoms with Crippen LogP contribution in [0.5, 0.6) is 0 Å². The highest BCUT2D eigenvalue weighted by atomic mass is 35.5. The van der Waals surface area contributed by atoms with Gasteiger partial charge in [-0.25, -0.2) is 14.4 Å². The summed E-state index contributed by atoms with van der Waals surface area (Å²) >= 11 is 12.2. The summed E-state index contributed by atoms with van der Waals surface area (Å²) in [5.41, 5.74) is 2.12. The number of fused-ring (bicyclic) bond motifs is 1. The Hall–Kier alpha value is -1.71. The number of hydrogen-bond donors (Lipinski definition) is 0. The molecule has 0 saturated heterocycles. The third-order valence-corrected chi connectivity index (χ3v) is 3.82. The second-order valence-corrected chi connectivity index (χ2v) is 5.15. The molecule has 2 nitrogen and oxygen atoms in total.